The van der Waals surface area contributed by atoms with Gasteiger partial charge in [-0.2, -0.15) is 0 Å². The molecule has 0 bridgehead atoms. The van der Waals surface area contributed by atoms with Gasteiger partial charge < -0.3 is 13.6 Å². The Balaban J connectivity index is 1.77. The third-order valence-electron chi connectivity index (χ3n) is 6.21. The lowest BCUT2D eigenvalue weighted by Gasteiger charge is -2.19. The maximum Gasteiger partial charge on any atom is 0.530 e. The normalized spacial score (nSPS) is 13.9. The Morgan fingerprint density at radius 1 is 0.515 bits per heavy atom. The quantitative estimate of drug-likeness (QED) is 0.264. The lowest BCUT2D eigenvalue weighted by atomic mass is 9.99. The van der Waals surface area contributed by atoms with Crippen molar-refractivity contribution in [3.63, 3.8) is 0 Å². The van der Waals surface area contributed by atoms with Crippen molar-refractivity contribution in [3.8, 4) is 17.2 Å². The molecule has 2 unspecified atom stereocenters. The molecular formula is C29H37O3P. The molecule has 33 heavy (non-hydrogen) atoms. The lowest BCUT2D eigenvalue weighted by Crippen LogP contribution is -2.03. The molecule has 0 saturated heterocycles. The maximum atomic E-state index is 6.19. The summed E-state index contributed by atoms with van der Waals surface area (Å²) < 4.78 is 18.6. The summed E-state index contributed by atoms with van der Waals surface area (Å²) >= 11 is 0. The standard InChI is InChI=1S/C29H37O3P/c1-7-22(5)25-11-17-28(18-12-25)31-33(30-27-15-9-24(10-16-27)21(3)4)32-29-19-13-26(14-20-29)23(6)8-2/h9-23H,7-8H2,1-6H3. The summed E-state index contributed by atoms with van der Waals surface area (Å²) in [5, 5.41) is 0. The highest BCUT2D eigenvalue weighted by atomic mass is 31.2. The van der Waals surface area contributed by atoms with Gasteiger partial charge in [-0.25, -0.2) is 0 Å². The summed E-state index contributed by atoms with van der Waals surface area (Å²) in [6, 6.07) is 24.6. The first-order valence-electron chi connectivity index (χ1n) is 12.0. The van der Waals surface area contributed by atoms with Crippen LogP contribution in [-0.4, -0.2) is 0 Å². The summed E-state index contributed by atoms with van der Waals surface area (Å²) in [5.74, 6) is 3.73. The first kappa shape index (κ1) is 25.1. The molecule has 0 aliphatic rings. The van der Waals surface area contributed by atoms with E-state index in [1.54, 1.807) is 0 Å². The van der Waals surface area contributed by atoms with Crippen LogP contribution in [0.25, 0.3) is 0 Å². The van der Waals surface area contributed by atoms with E-state index in [1.807, 2.05) is 36.4 Å². The molecule has 0 saturated carbocycles. The van der Waals surface area contributed by atoms with E-state index in [1.165, 1.54) is 16.7 Å². The topological polar surface area (TPSA) is 27.7 Å². The fourth-order valence-corrected chi connectivity index (χ4v) is 4.41. The van der Waals surface area contributed by atoms with Crippen molar-refractivity contribution >= 4 is 8.60 Å². The average Bonchev–Trinajstić information content (AvgIpc) is 2.84. The molecule has 0 amide bonds. The van der Waals surface area contributed by atoms with Gasteiger partial charge >= 0.3 is 8.60 Å². The van der Waals surface area contributed by atoms with Crippen molar-refractivity contribution < 1.29 is 13.6 Å². The molecule has 0 N–H and O–H groups in total. The van der Waals surface area contributed by atoms with E-state index in [0.29, 0.717) is 17.8 Å². The van der Waals surface area contributed by atoms with E-state index in [2.05, 4.69) is 77.9 Å². The highest BCUT2D eigenvalue weighted by Crippen LogP contribution is 2.43. The van der Waals surface area contributed by atoms with Crippen LogP contribution in [0.2, 0.25) is 0 Å². The van der Waals surface area contributed by atoms with Crippen LogP contribution in [-0.2, 0) is 0 Å². The predicted molar refractivity (Wildman–Crippen MR) is 140 cm³/mol. The molecule has 0 spiro atoms. The van der Waals surface area contributed by atoms with Crippen molar-refractivity contribution in [1.29, 1.82) is 0 Å². The molecule has 0 aromatic heterocycles. The highest BCUT2D eigenvalue weighted by Gasteiger charge is 2.20. The Kier molecular flexibility index (Phi) is 9.21. The van der Waals surface area contributed by atoms with E-state index >= 15 is 0 Å². The first-order chi connectivity index (χ1) is 15.9. The monoisotopic (exact) mass is 464 g/mol. The Bertz CT molecular complexity index is 910. The number of hydrogen-bond acceptors (Lipinski definition) is 3. The molecule has 3 rings (SSSR count). The fourth-order valence-electron chi connectivity index (χ4n) is 3.41. The van der Waals surface area contributed by atoms with Gasteiger partial charge in [-0.05, 0) is 83.7 Å². The van der Waals surface area contributed by atoms with Gasteiger partial charge in [-0.3, -0.25) is 0 Å². The predicted octanol–water partition coefficient (Wildman–Crippen LogP) is 9.60. The van der Waals surface area contributed by atoms with Crippen LogP contribution >= 0.6 is 8.60 Å². The SMILES string of the molecule is CCC(C)c1ccc(OP(Oc2ccc(C(C)C)cc2)Oc2ccc(C(C)CC)cc2)cc1. The third-order valence-corrected chi connectivity index (χ3v) is 7.29. The summed E-state index contributed by atoms with van der Waals surface area (Å²) in [6.07, 6.45) is 2.22. The fraction of sp³-hybridized carbons (Fsp3) is 0.379. The molecule has 0 radical (unpaired) electrons. The van der Waals surface area contributed by atoms with E-state index < -0.39 is 8.60 Å². The van der Waals surface area contributed by atoms with Gasteiger partial charge in [0, 0.05) is 0 Å². The smallest absolute Gasteiger partial charge is 0.409 e. The minimum atomic E-state index is -1.67. The van der Waals surface area contributed by atoms with E-state index in [4.69, 9.17) is 13.6 Å². The second-order valence-corrected chi connectivity index (χ2v) is 9.97. The van der Waals surface area contributed by atoms with Gasteiger partial charge in [0.1, 0.15) is 17.2 Å². The number of rotatable bonds is 11. The van der Waals surface area contributed by atoms with Gasteiger partial charge in [0.2, 0.25) is 0 Å². The summed E-state index contributed by atoms with van der Waals surface area (Å²) in [6.45, 7) is 13.2. The lowest BCUT2D eigenvalue weighted by molar-refractivity contribution is 0.388. The molecule has 2 atom stereocenters. The van der Waals surface area contributed by atoms with Crippen LogP contribution in [0, 0.1) is 0 Å². The minimum absolute atomic E-state index is 0.473. The first-order valence-corrected chi connectivity index (χ1v) is 13.1. The summed E-state index contributed by atoms with van der Waals surface area (Å²) in [7, 11) is -1.67. The molecule has 176 valence electrons. The summed E-state index contributed by atoms with van der Waals surface area (Å²) in [5.41, 5.74) is 3.89. The Morgan fingerprint density at radius 3 is 1.09 bits per heavy atom. The molecule has 3 aromatic carbocycles. The van der Waals surface area contributed by atoms with Gasteiger partial charge in [-0.15, -0.1) is 0 Å². The zero-order valence-electron chi connectivity index (χ0n) is 20.7. The Hall–Kier alpha value is -2.51. The van der Waals surface area contributed by atoms with E-state index in [0.717, 1.165) is 30.1 Å². The third kappa shape index (κ3) is 7.24. The van der Waals surface area contributed by atoms with Gasteiger partial charge in [-0.1, -0.05) is 77.9 Å². The Labute approximate surface area is 201 Å². The van der Waals surface area contributed by atoms with Crippen LogP contribution < -0.4 is 13.6 Å². The molecule has 0 aliphatic carbocycles. The highest BCUT2D eigenvalue weighted by molar-refractivity contribution is 7.43. The molecule has 0 fully saturated rings. The van der Waals surface area contributed by atoms with Crippen LogP contribution in [0.15, 0.2) is 72.8 Å². The molecule has 4 heteroatoms. The van der Waals surface area contributed by atoms with E-state index in [9.17, 15) is 0 Å². The van der Waals surface area contributed by atoms with Crippen LogP contribution in [0.4, 0.5) is 0 Å². The van der Waals surface area contributed by atoms with Crippen LogP contribution in [0.5, 0.6) is 17.2 Å². The maximum absolute atomic E-state index is 6.19. The van der Waals surface area contributed by atoms with Crippen molar-refractivity contribution in [2.45, 2.75) is 72.1 Å². The molecule has 3 aromatic rings. The average molecular weight is 465 g/mol. The summed E-state index contributed by atoms with van der Waals surface area (Å²) in [4.78, 5) is 0. The van der Waals surface area contributed by atoms with Crippen molar-refractivity contribution in [2.75, 3.05) is 0 Å². The molecule has 3 nitrogen and oxygen atoms in total. The number of hydrogen-bond donors (Lipinski definition) is 0. The van der Waals surface area contributed by atoms with Crippen LogP contribution in [0.1, 0.15) is 88.8 Å². The van der Waals surface area contributed by atoms with Crippen molar-refractivity contribution in [2.24, 2.45) is 0 Å². The van der Waals surface area contributed by atoms with Crippen molar-refractivity contribution in [3.05, 3.63) is 89.5 Å². The van der Waals surface area contributed by atoms with Gasteiger partial charge in [0.15, 0.2) is 0 Å². The van der Waals surface area contributed by atoms with Gasteiger partial charge in [0.05, 0.1) is 0 Å². The van der Waals surface area contributed by atoms with Crippen molar-refractivity contribution in [1.82, 2.24) is 0 Å². The molecule has 0 heterocycles. The largest absolute Gasteiger partial charge is 0.530 e. The zero-order chi connectivity index (χ0) is 23.8. The molecule has 0 aliphatic heterocycles. The zero-order valence-corrected chi connectivity index (χ0v) is 21.6. The minimum Gasteiger partial charge on any atom is -0.409 e. The Morgan fingerprint density at radius 2 is 0.818 bits per heavy atom. The number of benzene rings is 3. The second-order valence-electron chi connectivity index (χ2n) is 8.98. The van der Waals surface area contributed by atoms with Gasteiger partial charge in [0.25, 0.3) is 0 Å². The van der Waals surface area contributed by atoms with E-state index in [-0.39, 0.29) is 0 Å². The second kappa shape index (κ2) is 12.1. The molecular weight excluding hydrogens is 427 g/mol. The van der Waals surface area contributed by atoms with Crippen LogP contribution in [0.3, 0.4) is 0 Å².